The summed E-state index contributed by atoms with van der Waals surface area (Å²) in [7, 11) is 0. The predicted molar refractivity (Wildman–Crippen MR) is 227 cm³/mol. The van der Waals surface area contributed by atoms with Crippen molar-refractivity contribution >= 4 is 17.1 Å². The zero-order valence-electron chi connectivity index (χ0n) is 32.4. The van der Waals surface area contributed by atoms with E-state index in [4.69, 9.17) is 0 Å². The summed E-state index contributed by atoms with van der Waals surface area (Å²) in [5, 5.41) is 0. The number of rotatable bonds is 7. The van der Waals surface area contributed by atoms with Crippen molar-refractivity contribution in [2.45, 2.75) is 84.0 Å². The molecule has 6 aromatic rings. The van der Waals surface area contributed by atoms with E-state index in [2.05, 4.69) is 191 Å². The lowest BCUT2D eigenvalue weighted by molar-refractivity contribution is 0.287. The molecule has 0 bridgehead atoms. The molecule has 2 aliphatic carbocycles. The highest BCUT2D eigenvalue weighted by atomic mass is 15.1. The van der Waals surface area contributed by atoms with E-state index in [1.807, 2.05) is 0 Å². The maximum atomic E-state index is 2.60. The zero-order chi connectivity index (χ0) is 36.6. The quantitative estimate of drug-likeness (QED) is 0.150. The molecular weight excluding hydrogens is 639 g/mol. The molecule has 1 saturated carbocycles. The summed E-state index contributed by atoms with van der Waals surface area (Å²) in [5.41, 5.74) is 14.4. The maximum absolute atomic E-state index is 2.60. The number of fused-ring (bicyclic) bond motifs is 2. The average Bonchev–Trinajstić information content (AvgIpc) is 3.38. The van der Waals surface area contributed by atoms with Crippen LogP contribution >= 0.6 is 0 Å². The van der Waals surface area contributed by atoms with Crippen molar-refractivity contribution < 1.29 is 0 Å². The standard InChI is InChI=1S/C52H55N/c1-37-20-21-39(33-38(2)32-37)35-52(5)36-44-18-12-13-19-48(44)51(3,4)49-31-30-47(34-50(49)52)53(45-26-22-42(23-27-45)40-14-8-6-9-15-40)46-28-24-43(25-29-46)41-16-10-7-11-17-41/h6-19,22-31,34,37-39H,20-21,32-33,35-36H2,1-5H3/t37-,38+,39?,52-/m1/s1. The third-order valence-electron chi connectivity index (χ3n) is 12.7. The van der Waals surface area contributed by atoms with Crippen molar-refractivity contribution in [1.29, 1.82) is 0 Å². The van der Waals surface area contributed by atoms with Crippen LogP contribution in [0.25, 0.3) is 22.3 Å². The molecule has 0 N–H and O–H groups in total. The van der Waals surface area contributed by atoms with Gasteiger partial charge in [-0.05, 0) is 130 Å². The summed E-state index contributed by atoms with van der Waals surface area (Å²) >= 11 is 0. The highest BCUT2D eigenvalue weighted by Crippen LogP contribution is 2.51. The molecular formula is C52H55N. The molecule has 0 heterocycles. The van der Waals surface area contributed by atoms with Crippen LogP contribution in [0.15, 0.2) is 152 Å². The molecule has 4 atom stereocenters. The summed E-state index contributed by atoms with van der Waals surface area (Å²) in [6, 6.07) is 56.5. The van der Waals surface area contributed by atoms with Crippen molar-refractivity contribution in [2.24, 2.45) is 17.8 Å². The van der Waals surface area contributed by atoms with E-state index in [1.54, 1.807) is 0 Å². The summed E-state index contributed by atoms with van der Waals surface area (Å²) in [5.74, 6) is 2.34. The van der Waals surface area contributed by atoms with Crippen LogP contribution < -0.4 is 4.90 Å². The molecule has 0 radical (unpaired) electrons. The lowest BCUT2D eigenvalue weighted by Crippen LogP contribution is -2.30. The van der Waals surface area contributed by atoms with Gasteiger partial charge in [0.25, 0.3) is 0 Å². The number of nitrogens with zero attached hydrogens (tertiary/aromatic N) is 1. The summed E-state index contributed by atoms with van der Waals surface area (Å²) < 4.78 is 0. The first kappa shape index (κ1) is 35.2. The Hall–Kier alpha value is -4.88. The van der Waals surface area contributed by atoms with Crippen LogP contribution in [-0.2, 0) is 17.3 Å². The first-order valence-electron chi connectivity index (χ1n) is 20.0. The highest BCUT2D eigenvalue weighted by molar-refractivity contribution is 5.80. The minimum absolute atomic E-state index is 0.00713. The summed E-state index contributed by atoms with van der Waals surface area (Å²) in [6.45, 7) is 12.5. The minimum atomic E-state index is -0.104. The van der Waals surface area contributed by atoms with E-state index in [0.29, 0.717) is 0 Å². The molecule has 0 aliphatic heterocycles. The largest absolute Gasteiger partial charge is 0.310 e. The van der Waals surface area contributed by atoms with Gasteiger partial charge in [-0.3, -0.25) is 0 Å². The molecule has 1 fully saturated rings. The van der Waals surface area contributed by atoms with Gasteiger partial charge < -0.3 is 4.90 Å². The fourth-order valence-electron chi connectivity index (χ4n) is 10.1. The Morgan fingerprint density at radius 2 is 1.02 bits per heavy atom. The van der Waals surface area contributed by atoms with Crippen molar-refractivity contribution in [3.05, 3.63) is 174 Å². The monoisotopic (exact) mass is 693 g/mol. The minimum Gasteiger partial charge on any atom is -0.310 e. The molecule has 1 heteroatoms. The zero-order valence-corrected chi connectivity index (χ0v) is 32.4. The summed E-state index contributed by atoms with van der Waals surface area (Å²) in [6.07, 6.45) is 7.70. The Labute approximate surface area is 318 Å². The van der Waals surface area contributed by atoms with Gasteiger partial charge in [0.15, 0.2) is 0 Å². The molecule has 268 valence electrons. The number of hydrogen-bond donors (Lipinski definition) is 0. The molecule has 1 unspecified atom stereocenters. The van der Waals surface area contributed by atoms with E-state index in [9.17, 15) is 0 Å². The first-order valence-corrected chi connectivity index (χ1v) is 20.0. The van der Waals surface area contributed by atoms with E-state index in [0.717, 1.165) is 24.2 Å². The van der Waals surface area contributed by atoms with Gasteiger partial charge in [-0.2, -0.15) is 0 Å². The van der Waals surface area contributed by atoms with Crippen LogP contribution in [0.3, 0.4) is 0 Å². The fourth-order valence-corrected chi connectivity index (χ4v) is 10.1. The van der Waals surface area contributed by atoms with Crippen molar-refractivity contribution in [2.75, 3.05) is 4.90 Å². The topological polar surface area (TPSA) is 3.24 Å². The lowest BCUT2D eigenvalue weighted by Gasteiger charge is -2.37. The van der Waals surface area contributed by atoms with Crippen molar-refractivity contribution in [3.8, 4) is 22.3 Å². The van der Waals surface area contributed by atoms with Gasteiger partial charge in [0.05, 0.1) is 0 Å². The Kier molecular flexibility index (Phi) is 9.63. The summed E-state index contributed by atoms with van der Waals surface area (Å²) in [4.78, 5) is 2.48. The van der Waals surface area contributed by atoms with Crippen LogP contribution in [0.4, 0.5) is 17.1 Å². The van der Waals surface area contributed by atoms with Crippen LogP contribution in [0.2, 0.25) is 0 Å². The Morgan fingerprint density at radius 3 is 1.62 bits per heavy atom. The van der Waals surface area contributed by atoms with E-state index in [1.165, 1.54) is 93.7 Å². The van der Waals surface area contributed by atoms with Crippen LogP contribution in [0.1, 0.15) is 89.0 Å². The second-order valence-corrected chi connectivity index (χ2v) is 17.2. The maximum Gasteiger partial charge on any atom is 0.0464 e. The molecule has 0 saturated heterocycles. The van der Waals surface area contributed by atoms with Gasteiger partial charge in [-0.15, -0.1) is 0 Å². The normalized spacial score (nSPS) is 22.2. The molecule has 2 aliphatic rings. The number of hydrogen-bond acceptors (Lipinski definition) is 1. The van der Waals surface area contributed by atoms with Crippen molar-refractivity contribution in [1.82, 2.24) is 0 Å². The van der Waals surface area contributed by atoms with Gasteiger partial charge in [0, 0.05) is 22.5 Å². The highest BCUT2D eigenvalue weighted by Gasteiger charge is 2.42. The molecule has 0 amide bonds. The molecule has 8 rings (SSSR count). The Bertz CT molecular complexity index is 2060. The molecule has 0 spiro atoms. The molecule has 1 nitrogen and oxygen atoms in total. The van der Waals surface area contributed by atoms with Crippen LogP contribution in [0, 0.1) is 17.8 Å². The van der Waals surface area contributed by atoms with Gasteiger partial charge in [-0.1, -0.05) is 163 Å². The van der Waals surface area contributed by atoms with Crippen LogP contribution in [-0.4, -0.2) is 0 Å². The third kappa shape index (κ3) is 7.11. The van der Waals surface area contributed by atoms with Crippen LogP contribution in [0.5, 0.6) is 0 Å². The number of anilines is 3. The second kappa shape index (κ2) is 14.5. The first-order chi connectivity index (χ1) is 25.7. The van der Waals surface area contributed by atoms with E-state index in [-0.39, 0.29) is 10.8 Å². The van der Waals surface area contributed by atoms with Gasteiger partial charge >= 0.3 is 0 Å². The Balaban J connectivity index is 1.27. The lowest BCUT2D eigenvalue weighted by atomic mass is 9.68. The van der Waals surface area contributed by atoms with E-state index >= 15 is 0 Å². The van der Waals surface area contributed by atoms with E-state index < -0.39 is 0 Å². The van der Waals surface area contributed by atoms with Gasteiger partial charge in [0.2, 0.25) is 0 Å². The second-order valence-electron chi connectivity index (χ2n) is 17.2. The third-order valence-corrected chi connectivity index (χ3v) is 12.7. The molecule has 0 aromatic heterocycles. The number of benzene rings is 6. The smallest absolute Gasteiger partial charge is 0.0464 e. The molecule has 53 heavy (non-hydrogen) atoms. The molecule has 6 aromatic carbocycles. The predicted octanol–water partition coefficient (Wildman–Crippen LogP) is 14.5. The van der Waals surface area contributed by atoms with Crippen molar-refractivity contribution in [3.63, 3.8) is 0 Å². The van der Waals surface area contributed by atoms with Gasteiger partial charge in [-0.25, -0.2) is 0 Å². The SMILES string of the molecule is C[C@@H]1CCC(C[C@]2(C)Cc3ccccc3C(C)(C)c3ccc(N(c4ccc(-c5ccccc5)cc4)c4ccc(-c5ccccc5)cc4)cc32)C[C@@H](C)C1. The average molecular weight is 694 g/mol. The Morgan fingerprint density at radius 1 is 0.491 bits per heavy atom. The van der Waals surface area contributed by atoms with Gasteiger partial charge in [0.1, 0.15) is 0 Å². The fraction of sp³-hybridized carbons (Fsp3) is 0.308.